The average Bonchev–Trinajstić information content (AvgIpc) is 3.07. The largest absolute Gasteiger partial charge is 0.0683 e. The first-order valence-electron chi connectivity index (χ1n) is 15.6. The maximum Gasteiger partial charge on any atom is -0.0143 e. The van der Waals surface area contributed by atoms with Crippen molar-refractivity contribution in [2.24, 2.45) is 5.92 Å². The Morgan fingerprint density at radius 3 is 1.50 bits per heavy atom. The summed E-state index contributed by atoms with van der Waals surface area (Å²) >= 11 is 0. The van der Waals surface area contributed by atoms with Crippen LogP contribution in [0.25, 0.3) is 11.1 Å². The summed E-state index contributed by atoms with van der Waals surface area (Å²) in [6.07, 6.45) is 15.3. The van der Waals surface area contributed by atoms with Crippen LogP contribution in [0.3, 0.4) is 0 Å². The third-order valence-electron chi connectivity index (χ3n) is 8.16. The molecule has 2 aromatic rings. The first kappa shape index (κ1) is 32.5. The second kappa shape index (κ2) is 17.0. The molecule has 0 nitrogen and oxygen atoms in total. The molecule has 0 saturated heterocycles. The molecule has 204 valence electrons. The van der Waals surface area contributed by atoms with E-state index in [0.717, 1.165) is 18.8 Å². The Morgan fingerprint density at radius 1 is 0.611 bits per heavy atom. The third kappa shape index (κ3) is 8.49. The van der Waals surface area contributed by atoms with Crippen LogP contribution in [0, 0.1) is 26.7 Å². The van der Waals surface area contributed by atoms with Crippen molar-refractivity contribution >= 4 is 0 Å². The van der Waals surface area contributed by atoms with Gasteiger partial charge in [-0.1, -0.05) is 125 Å². The summed E-state index contributed by atoms with van der Waals surface area (Å²) in [4.78, 5) is 0. The predicted molar refractivity (Wildman–Crippen MR) is 166 cm³/mol. The Morgan fingerprint density at radius 2 is 1.06 bits per heavy atom. The van der Waals surface area contributed by atoms with Gasteiger partial charge in [0.25, 0.3) is 0 Å². The number of fused-ring (bicyclic) bond motifs is 1. The molecule has 0 radical (unpaired) electrons. The topological polar surface area (TPSA) is 0 Å². The van der Waals surface area contributed by atoms with Gasteiger partial charge in [0.1, 0.15) is 0 Å². The maximum atomic E-state index is 2.54. The molecule has 2 unspecified atom stereocenters. The molecule has 0 N–H and O–H groups in total. The van der Waals surface area contributed by atoms with Crippen molar-refractivity contribution in [1.82, 2.24) is 0 Å². The summed E-state index contributed by atoms with van der Waals surface area (Å²) in [6.45, 7) is 24.5. The van der Waals surface area contributed by atoms with E-state index in [1.807, 2.05) is 13.8 Å². The monoisotopic (exact) mass is 492 g/mol. The standard InChI is InChI=1S/C24H32.C7H14.C3H8.C2H6/c1-8-19-20(9-2)24(13-22-18(7)16(5)12-23(19)22)21-11-15(4)14(3)10-17(21)6;1-2-4-6-7-5-3-1;1-3-2;1-2/h10-11,13,16,18H,8-9,12H2,1-7H3;1-7H2;3H2,1-2H3;1-2H3. The van der Waals surface area contributed by atoms with Gasteiger partial charge in [-0.25, -0.2) is 0 Å². The molecule has 0 heterocycles. The van der Waals surface area contributed by atoms with Gasteiger partial charge in [0.15, 0.2) is 0 Å². The van der Waals surface area contributed by atoms with Gasteiger partial charge < -0.3 is 0 Å². The highest BCUT2D eigenvalue weighted by molar-refractivity contribution is 5.75. The average molecular weight is 493 g/mol. The van der Waals surface area contributed by atoms with Crippen LogP contribution in [0.1, 0.15) is 152 Å². The van der Waals surface area contributed by atoms with E-state index in [2.05, 4.69) is 80.5 Å². The number of aryl methyl sites for hydroxylation is 3. The Balaban J connectivity index is 0.000000450. The van der Waals surface area contributed by atoms with Crippen molar-refractivity contribution in [3.05, 3.63) is 57.1 Å². The van der Waals surface area contributed by atoms with Gasteiger partial charge in [-0.05, 0) is 102 Å². The Labute approximate surface area is 226 Å². The minimum Gasteiger partial charge on any atom is -0.0683 e. The first-order valence-corrected chi connectivity index (χ1v) is 15.6. The fraction of sp³-hybridized carbons (Fsp3) is 0.667. The lowest BCUT2D eigenvalue weighted by molar-refractivity contribution is 0.531. The zero-order chi connectivity index (χ0) is 27.3. The molecule has 2 atom stereocenters. The van der Waals surface area contributed by atoms with E-state index in [4.69, 9.17) is 0 Å². The van der Waals surface area contributed by atoms with Gasteiger partial charge in [0.05, 0.1) is 0 Å². The van der Waals surface area contributed by atoms with Crippen molar-refractivity contribution in [3.63, 3.8) is 0 Å². The quantitative estimate of drug-likeness (QED) is 0.374. The van der Waals surface area contributed by atoms with Crippen molar-refractivity contribution < 1.29 is 0 Å². The zero-order valence-electron chi connectivity index (χ0n) is 26.2. The molecule has 0 spiro atoms. The van der Waals surface area contributed by atoms with Crippen molar-refractivity contribution in [2.75, 3.05) is 0 Å². The minimum absolute atomic E-state index is 0.682. The second-order valence-corrected chi connectivity index (χ2v) is 11.1. The summed E-state index contributed by atoms with van der Waals surface area (Å²) in [5, 5.41) is 0. The van der Waals surface area contributed by atoms with Crippen LogP contribution in [-0.4, -0.2) is 0 Å². The lowest BCUT2D eigenvalue weighted by Gasteiger charge is -2.21. The Kier molecular flexibility index (Phi) is 15.4. The molecule has 1 saturated carbocycles. The van der Waals surface area contributed by atoms with Crippen LogP contribution >= 0.6 is 0 Å². The summed E-state index contributed by atoms with van der Waals surface area (Å²) in [5.74, 6) is 1.45. The van der Waals surface area contributed by atoms with Crippen LogP contribution in [-0.2, 0) is 19.3 Å². The number of rotatable bonds is 3. The fourth-order valence-electron chi connectivity index (χ4n) is 5.86. The van der Waals surface area contributed by atoms with E-state index in [1.54, 1.807) is 22.3 Å². The SMILES string of the molecule is C1CCCCCC1.CC.CCC.CCc1c(-c2cc(C)c(C)cc2C)cc2c(c1CC)CC(C)C2C. The van der Waals surface area contributed by atoms with Crippen LogP contribution in [0.5, 0.6) is 0 Å². The molecule has 0 amide bonds. The summed E-state index contributed by atoms with van der Waals surface area (Å²) in [6, 6.07) is 7.31. The number of hydrogen-bond acceptors (Lipinski definition) is 0. The molecule has 0 bridgehead atoms. The normalized spacial score (nSPS) is 18.4. The van der Waals surface area contributed by atoms with E-state index in [1.165, 1.54) is 85.6 Å². The van der Waals surface area contributed by atoms with E-state index in [-0.39, 0.29) is 0 Å². The fourth-order valence-corrected chi connectivity index (χ4v) is 5.86. The van der Waals surface area contributed by atoms with Gasteiger partial charge in [-0.3, -0.25) is 0 Å². The molecule has 2 aliphatic carbocycles. The van der Waals surface area contributed by atoms with Gasteiger partial charge >= 0.3 is 0 Å². The van der Waals surface area contributed by atoms with Gasteiger partial charge in [-0.15, -0.1) is 0 Å². The van der Waals surface area contributed by atoms with Gasteiger partial charge in [-0.2, -0.15) is 0 Å². The van der Waals surface area contributed by atoms with Gasteiger partial charge in [0, 0.05) is 0 Å². The minimum atomic E-state index is 0.682. The van der Waals surface area contributed by atoms with Crippen LogP contribution in [0.2, 0.25) is 0 Å². The van der Waals surface area contributed by atoms with Crippen LogP contribution in [0.15, 0.2) is 18.2 Å². The molecule has 36 heavy (non-hydrogen) atoms. The molecule has 4 rings (SSSR count). The van der Waals surface area contributed by atoms with Crippen molar-refractivity contribution in [3.8, 4) is 11.1 Å². The lowest BCUT2D eigenvalue weighted by atomic mass is 9.84. The molecule has 2 aromatic carbocycles. The maximum absolute atomic E-state index is 2.54. The summed E-state index contributed by atoms with van der Waals surface area (Å²) in [5.41, 5.74) is 13.7. The molecule has 1 fully saturated rings. The smallest absolute Gasteiger partial charge is 0.0143 e. The van der Waals surface area contributed by atoms with Crippen LogP contribution in [0.4, 0.5) is 0 Å². The Bertz CT molecular complexity index is 881. The van der Waals surface area contributed by atoms with Crippen LogP contribution < -0.4 is 0 Å². The zero-order valence-corrected chi connectivity index (χ0v) is 26.2. The molecule has 0 heteroatoms. The van der Waals surface area contributed by atoms with Crippen molar-refractivity contribution in [1.29, 1.82) is 0 Å². The van der Waals surface area contributed by atoms with E-state index in [0.29, 0.717) is 5.92 Å². The molecule has 2 aliphatic rings. The highest BCUT2D eigenvalue weighted by Gasteiger charge is 2.30. The van der Waals surface area contributed by atoms with E-state index >= 15 is 0 Å². The molecule has 0 aromatic heterocycles. The summed E-state index contributed by atoms with van der Waals surface area (Å²) in [7, 11) is 0. The lowest BCUT2D eigenvalue weighted by Crippen LogP contribution is -2.03. The van der Waals surface area contributed by atoms with Gasteiger partial charge in [0.2, 0.25) is 0 Å². The first-order chi connectivity index (χ1) is 17.3. The molecular weight excluding hydrogens is 432 g/mol. The van der Waals surface area contributed by atoms with E-state index < -0.39 is 0 Å². The summed E-state index contributed by atoms with van der Waals surface area (Å²) < 4.78 is 0. The highest BCUT2D eigenvalue weighted by atomic mass is 14.3. The Hall–Kier alpha value is -1.56. The third-order valence-corrected chi connectivity index (χ3v) is 8.16. The van der Waals surface area contributed by atoms with E-state index in [9.17, 15) is 0 Å². The number of hydrogen-bond donors (Lipinski definition) is 0. The van der Waals surface area contributed by atoms with Crippen molar-refractivity contribution in [2.45, 2.75) is 153 Å². The highest BCUT2D eigenvalue weighted by Crippen LogP contribution is 2.44. The number of benzene rings is 2. The predicted octanol–water partition coefficient (Wildman–Crippen LogP) is 11.9. The second-order valence-electron chi connectivity index (χ2n) is 11.1. The molecule has 0 aliphatic heterocycles. The molecular formula is C36H60.